The van der Waals surface area contributed by atoms with Gasteiger partial charge >= 0.3 is 0 Å². The number of aliphatic hydroxyl groups excluding tert-OH is 1. The summed E-state index contributed by atoms with van der Waals surface area (Å²) in [5.74, 6) is 0. The Labute approximate surface area is 107 Å². The second-order valence-corrected chi connectivity index (χ2v) is 6.06. The van der Waals surface area contributed by atoms with Gasteiger partial charge in [-0.25, -0.2) is 4.98 Å². The van der Waals surface area contributed by atoms with Crippen LogP contribution in [0.15, 0.2) is 23.4 Å². The molecule has 2 rings (SSSR count). The number of thioether (sulfide) groups is 1. The van der Waals surface area contributed by atoms with E-state index in [1.807, 2.05) is 6.20 Å². The molecule has 0 saturated heterocycles. The number of rotatable bonds is 7. The van der Waals surface area contributed by atoms with Gasteiger partial charge in [0.2, 0.25) is 0 Å². The van der Waals surface area contributed by atoms with Crippen LogP contribution in [-0.2, 0) is 6.54 Å². The van der Waals surface area contributed by atoms with Crippen molar-refractivity contribution >= 4 is 11.8 Å². The predicted octanol–water partition coefficient (Wildman–Crippen LogP) is 2.20. The van der Waals surface area contributed by atoms with E-state index in [4.69, 9.17) is 5.11 Å². The summed E-state index contributed by atoms with van der Waals surface area (Å²) in [6.07, 6.45) is 5.40. The highest BCUT2D eigenvalue weighted by molar-refractivity contribution is 7.99. The third-order valence-electron chi connectivity index (χ3n) is 2.83. The van der Waals surface area contributed by atoms with Gasteiger partial charge in [-0.05, 0) is 30.9 Å². The number of aliphatic hydroxyl groups is 1. The van der Waals surface area contributed by atoms with E-state index >= 15 is 0 Å². The quantitative estimate of drug-likeness (QED) is 0.730. The lowest BCUT2D eigenvalue weighted by Crippen LogP contribution is -2.15. The highest BCUT2D eigenvalue weighted by atomic mass is 32.2. The summed E-state index contributed by atoms with van der Waals surface area (Å²) in [6.45, 7) is 3.29. The Kier molecular flexibility index (Phi) is 4.83. The molecule has 0 spiro atoms. The van der Waals surface area contributed by atoms with Crippen LogP contribution >= 0.6 is 11.8 Å². The van der Waals surface area contributed by atoms with Crippen molar-refractivity contribution in [2.75, 3.05) is 6.61 Å². The molecule has 1 aromatic rings. The fourth-order valence-electron chi connectivity index (χ4n) is 1.58. The maximum Gasteiger partial charge on any atom is 0.0962 e. The van der Waals surface area contributed by atoms with E-state index in [1.165, 1.54) is 18.4 Å². The first-order chi connectivity index (χ1) is 8.28. The first-order valence-corrected chi connectivity index (χ1v) is 7.11. The molecule has 1 aliphatic rings. The Morgan fingerprint density at radius 1 is 1.53 bits per heavy atom. The molecule has 0 aromatic carbocycles. The number of nitrogens with zero attached hydrogens (tertiary/aromatic N) is 1. The average Bonchev–Trinajstić information content (AvgIpc) is 3.12. The Morgan fingerprint density at radius 3 is 2.94 bits per heavy atom. The van der Waals surface area contributed by atoms with Crippen LogP contribution in [-0.4, -0.2) is 28.0 Å². The Hall–Kier alpha value is -0.580. The number of pyridine rings is 1. The number of hydrogen-bond acceptors (Lipinski definition) is 4. The van der Waals surface area contributed by atoms with E-state index in [2.05, 4.69) is 29.4 Å². The van der Waals surface area contributed by atoms with Gasteiger partial charge < -0.3 is 10.4 Å². The van der Waals surface area contributed by atoms with Crippen LogP contribution in [0.2, 0.25) is 0 Å². The van der Waals surface area contributed by atoms with E-state index in [-0.39, 0.29) is 6.61 Å². The van der Waals surface area contributed by atoms with Crippen LogP contribution in [0.4, 0.5) is 0 Å². The molecule has 94 valence electrons. The summed E-state index contributed by atoms with van der Waals surface area (Å²) in [7, 11) is 0. The molecule has 1 fully saturated rings. The molecule has 1 heterocycles. The highest BCUT2D eigenvalue weighted by Crippen LogP contribution is 2.23. The highest BCUT2D eigenvalue weighted by Gasteiger charge is 2.19. The summed E-state index contributed by atoms with van der Waals surface area (Å²) in [4.78, 5) is 4.44. The third-order valence-corrected chi connectivity index (χ3v) is 3.95. The van der Waals surface area contributed by atoms with Gasteiger partial charge in [0, 0.05) is 30.6 Å². The van der Waals surface area contributed by atoms with Crippen molar-refractivity contribution in [1.82, 2.24) is 10.3 Å². The van der Waals surface area contributed by atoms with Gasteiger partial charge in [-0.2, -0.15) is 0 Å². The SMILES string of the molecule is CC(CCO)Sc1ccc(CNC2CC2)cn1. The lowest BCUT2D eigenvalue weighted by Gasteiger charge is -2.09. The lowest BCUT2D eigenvalue weighted by atomic mass is 10.3. The first kappa shape index (κ1) is 12.9. The molecule has 1 unspecified atom stereocenters. The minimum Gasteiger partial charge on any atom is -0.396 e. The van der Waals surface area contributed by atoms with Crippen molar-refractivity contribution in [1.29, 1.82) is 0 Å². The molecule has 17 heavy (non-hydrogen) atoms. The summed E-state index contributed by atoms with van der Waals surface area (Å²) in [6, 6.07) is 4.95. The summed E-state index contributed by atoms with van der Waals surface area (Å²) in [5.41, 5.74) is 1.25. The van der Waals surface area contributed by atoms with Crippen LogP contribution in [0.25, 0.3) is 0 Å². The lowest BCUT2D eigenvalue weighted by molar-refractivity contribution is 0.289. The molecule has 2 N–H and O–H groups in total. The minimum absolute atomic E-state index is 0.248. The summed E-state index contributed by atoms with van der Waals surface area (Å²) in [5, 5.41) is 13.8. The molecule has 0 radical (unpaired) electrons. The van der Waals surface area contributed by atoms with Crippen LogP contribution in [0.1, 0.15) is 31.7 Å². The third kappa shape index (κ3) is 4.66. The molecule has 4 heteroatoms. The second-order valence-electron chi connectivity index (χ2n) is 4.60. The van der Waals surface area contributed by atoms with Gasteiger partial charge in [0.25, 0.3) is 0 Å². The van der Waals surface area contributed by atoms with Crippen molar-refractivity contribution in [2.45, 2.75) is 49.0 Å². The fraction of sp³-hybridized carbons (Fsp3) is 0.615. The molecule has 1 atom stereocenters. The first-order valence-electron chi connectivity index (χ1n) is 6.24. The number of aromatic nitrogens is 1. The molecule has 0 bridgehead atoms. The van der Waals surface area contributed by atoms with E-state index in [0.717, 1.165) is 24.0 Å². The molecule has 1 aliphatic carbocycles. The molecule has 1 saturated carbocycles. The van der Waals surface area contributed by atoms with E-state index in [1.54, 1.807) is 11.8 Å². The molecule has 3 nitrogen and oxygen atoms in total. The molecular weight excluding hydrogens is 232 g/mol. The van der Waals surface area contributed by atoms with E-state index < -0.39 is 0 Å². The van der Waals surface area contributed by atoms with Crippen LogP contribution in [0, 0.1) is 0 Å². The minimum atomic E-state index is 0.248. The smallest absolute Gasteiger partial charge is 0.0962 e. The summed E-state index contributed by atoms with van der Waals surface area (Å²) >= 11 is 1.72. The topological polar surface area (TPSA) is 45.1 Å². The van der Waals surface area contributed by atoms with Crippen molar-refractivity contribution in [3.63, 3.8) is 0 Å². The van der Waals surface area contributed by atoms with Crippen LogP contribution in [0.5, 0.6) is 0 Å². The normalized spacial score (nSPS) is 17.1. The van der Waals surface area contributed by atoms with E-state index in [0.29, 0.717) is 5.25 Å². The maximum atomic E-state index is 8.84. The fourth-order valence-corrected chi connectivity index (χ4v) is 2.48. The van der Waals surface area contributed by atoms with Crippen molar-refractivity contribution in [3.05, 3.63) is 23.9 Å². The molecule has 1 aromatic heterocycles. The number of nitrogens with one attached hydrogen (secondary N) is 1. The monoisotopic (exact) mass is 252 g/mol. The zero-order valence-corrected chi connectivity index (χ0v) is 11.0. The Bertz CT molecular complexity index is 338. The van der Waals surface area contributed by atoms with Crippen LogP contribution < -0.4 is 5.32 Å². The summed E-state index contributed by atoms with van der Waals surface area (Å²) < 4.78 is 0. The van der Waals surface area contributed by atoms with Gasteiger partial charge in [0.15, 0.2) is 0 Å². The predicted molar refractivity (Wildman–Crippen MR) is 71.1 cm³/mol. The maximum absolute atomic E-state index is 8.84. The van der Waals surface area contributed by atoms with Gasteiger partial charge in [0.05, 0.1) is 5.03 Å². The van der Waals surface area contributed by atoms with Crippen molar-refractivity contribution in [2.24, 2.45) is 0 Å². The zero-order chi connectivity index (χ0) is 12.1. The largest absolute Gasteiger partial charge is 0.396 e. The molecule has 0 amide bonds. The molecule has 0 aliphatic heterocycles. The number of hydrogen-bond donors (Lipinski definition) is 2. The standard InChI is InChI=1S/C13H20N2OS/c1-10(6-7-16)17-13-5-2-11(9-15-13)8-14-12-3-4-12/h2,5,9-10,12,14,16H,3-4,6-8H2,1H3. The average molecular weight is 252 g/mol. The Balaban J connectivity index is 1.79. The van der Waals surface area contributed by atoms with Gasteiger partial charge in [-0.15, -0.1) is 11.8 Å². The molecular formula is C13H20N2OS. The zero-order valence-electron chi connectivity index (χ0n) is 10.2. The van der Waals surface area contributed by atoms with Gasteiger partial charge in [-0.3, -0.25) is 0 Å². The van der Waals surface area contributed by atoms with Gasteiger partial charge in [0.1, 0.15) is 0 Å². The van der Waals surface area contributed by atoms with E-state index in [9.17, 15) is 0 Å². The van der Waals surface area contributed by atoms with Crippen molar-refractivity contribution in [3.8, 4) is 0 Å². The van der Waals surface area contributed by atoms with Crippen molar-refractivity contribution < 1.29 is 5.11 Å². The Morgan fingerprint density at radius 2 is 2.35 bits per heavy atom. The van der Waals surface area contributed by atoms with Crippen LogP contribution in [0.3, 0.4) is 0 Å². The second kappa shape index (κ2) is 6.38. The van der Waals surface area contributed by atoms with Gasteiger partial charge in [-0.1, -0.05) is 13.0 Å².